The van der Waals surface area contributed by atoms with E-state index in [4.69, 9.17) is 0 Å². The van der Waals surface area contributed by atoms with Crippen LogP contribution in [0.5, 0.6) is 0 Å². The lowest BCUT2D eigenvalue weighted by molar-refractivity contribution is -0.394. The molecule has 0 atom stereocenters. The van der Waals surface area contributed by atoms with Crippen LogP contribution in [-0.2, 0) is 0 Å². The zero-order chi connectivity index (χ0) is 19.6. The molecule has 0 bridgehead atoms. The molecule has 1 fully saturated rings. The second kappa shape index (κ2) is 7.36. The van der Waals surface area contributed by atoms with Crippen molar-refractivity contribution < 1.29 is 14.6 Å². The minimum absolute atomic E-state index is 0.168. The quantitative estimate of drug-likeness (QED) is 0.631. The van der Waals surface area contributed by atoms with Crippen LogP contribution in [0.2, 0.25) is 0 Å². The second-order valence-corrected chi connectivity index (χ2v) is 6.20. The molecule has 2 heterocycles. The van der Waals surface area contributed by atoms with Gasteiger partial charge in [0.15, 0.2) is 0 Å². The van der Waals surface area contributed by atoms with Crippen LogP contribution in [0.1, 0.15) is 28.9 Å². The highest BCUT2D eigenvalue weighted by Gasteiger charge is 2.21. The molecule has 10 heteroatoms. The van der Waals surface area contributed by atoms with Crippen molar-refractivity contribution in [2.45, 2.75) is 19.8 Å². The minimum atomic E-state index is -0.776. The Balaban J connectivity index is 1.84. The van der Waals surface area contributed by atoms with Gasteiger partial charge in [0.1, 0.15) is 5.82 Å². The Morgan fingerprint density at radius 1 is 1.07 bits per heavy atom. The Bertz CT molecular complexity index is 892. The summed E-state index contributed by atoms with van der Waals surface area (Å²) in [7, 11) is 0. The lowest BCUT2D eigenvalue weighted by atomic mass is 10.1. The molecule has 140 valence electrons. The number of anilines is 2. The van der Waals surface area contributed by atoms with Crippen LogP contribution in [0.15, 0.2) is 30.3 Å². The van der Waals surface area contributed by atoms with Gasteiger partial charge in [-0.3, -0.25) is 25.0 Å². The van der Waals surface area contributed by atoms with Crippen molar-refractivity contribution in [3.05, 3.63) is 61.8 Å². The van der Waals surface area contributed by atoms with E-state index in [2.05, 4.69) is 15.2 Å². The SMILES string of the molecule is Cc1nc(N2CCCC2)ccc1NC(=O)c1cc([N+](=O)[O-])cc([N+](=O)[O-])c1. The summed E-state index contributed by atoms with van der Waals surface area (Å²) in [6.45, 7) is 3.62. The predicted molar refractivity (Wildman–Crippen MR) is 98.1 cm³/mol. The molecule has 10 nitrogen and oxygen atoms in total. The summed E-state index contributed by atoms with van der Waals surface area (Å²) < 4.78 is 0. The Morgan fingerprint density at radius 2 is 1.67 bits per heavy atom. The van der Waals surface area contributed by atoms with Crippen LogP contribution >= 0.6 is 0 Å². The number of carbonyl (C=O) groups is 1. The van der Waals surface area contributed by atoms with Gasteiger partial charge in [-0.15, -0.1) is 0 Å². The molecular formula is C17H17N5O5. The van der Waals surface area contributed by atoms with E-state index in [1.165, 1.54) is 0 Å². The second-order valence-electron chi connectivity index (χ2n) is 6.20. The third-order valence-corrected chi connectivity index (χ3v) is 4.34. The van der Waals surface area contributed by atoms with Crippen LogP contribution in [0.4, 0.5) is 22.9 Å². The number of amides is 1. The summed E-state index contributed by atoms with van der Waals surface area (Å²) in [5.74, 6) is 0.148. The first-order valence-corrected chi connectivity index (χ1v) is 8.33. The Morgan fingerprint density at radius 3 is 2.19 bits per heavy atom. The summed E-state index contributed by atoms with van der Waals surface area (Å²) in [4.78, 5) is 39.5. The molecule has 27 heavy (non-hydrogen) atoms. The normalized spacial score (nSPS) is 13.4. The van der Waals surface area contributed by atoms with Crippen molar-refractivity contribution in [1.82, 2.24) is 4.98 Å². The van der Waals surface area contributed by atoms with Gasteiger partial charge in [0.2, 0.25) is 0 Å². The molecule has 0 unspecified atom stereocenters. The average molecular weight is 371 g/mol. The number of carbonyl (C=O) groups excluding carboxylic acids is 1. The van der Waals surface area contributed by atoms with E-state index in [0.29, 0.717) is 11.4 Å². The zero-order valence-electron chi connectivity index (χ0n) is 14.5. The fourth-order valence-electron chi connectivity index (χ4n) is 2.93. The number of aryl methyl sites for hydroxylation is 1. The maximum atomic E-state index is 12.5. The Hall–Kier alpha value is -3.56. The molecule has 1 aliphatic rings. The molecule has 1 aromatic carbocycles. The Kier molecular flexibility index (Phi) is 4.97. The molecule has 2 aromatic rings. The number of nitrogens with one attached hydrogen (secondary N) is 1. The molecular weight excluding hydrogens is 354 g/mol. The molecule has 0 saturated carbocycles. The van der Waals surface area contributed by atoms with Gasteiger partial charge in [-0.05, 0) is 31.9 Å². The fourth-order valence-corrected chi connectivity index (χ4v) is 2.93. The number of nitro benzene ring substituents is 2. The number of aromatic nitrogens is 1. The van der Waals surface area contributed by atoms with Gasteiger partial charge < -0.3 is 10.2 Å². The highest BCUT2D eigenvalue weighted by atomic mass is 16.6. The first-order chi connectivity index (χ1) is 12.8. The van der Waals surface area contributed by atoms with Crippen molar-refractivity contribution in [3.63, 3.8) is 0 Å². The largest absolute Gasteiger partial charge is 0.357 e. The summed E-state index contributed by atoms with van der Waals surface area (Å²) in [6, 6.07) is 6.32. The van der Waals surface area contributed by atoms with E-state index in [1.807, 2.05) is 0 Å². The fraction of sp³-hybridized carbons (Fsp3) is 0.294. The highest BCUT2D eigenvalue weighted by Crippen LogP contribution is 2.25. The lowest BCUT2D eigenvalue weighted by Crippen LogP contribution is -2.20. The number of benzene rings is 1. The number of non-ortho nitro benzene ring substituents is 2. The number of hydrogen-bond acceptors (Lipinski definition) is 7. The van der Waals surface area contributed by atoms with Crippen LogP contribution in [0.3, 0.4) is 0 Å². The summed E-state index contributed by atoms with van der Waals surface area (Å²) in [6.07, 6.45) is 2.23. The maximum absolute atomic E-state index is 12.5. The molecule has 0 aliphatic carbocycles. The number of nitro groups is 2. The first kappa shape index (κ1) is 18.2. The van der Waals surface area contributed by atoms with E-state index in [-0.39, 0.29) is 5.56 Å². The predicted octanol–water partition coefficient (Wildman–Crippen LogP) is 3.06. The van der Waals surface area contributed by atoms with Crippen molar-refractivity contribution >= 4 is 28.8 Å². The van der Waals surface area contributed by atoms with Crippen molar-refractivity contribution in [1.29, 1.82) is 0 Å². The van der Waals surface area contributed by atoms with Gasteiger partial charge in [0, 0.05) is 25.2 Å². The van der Waals surface area contributed by atoms with Crippen LogP contribution in [0, 0.1) is 27.2 Å². The molecule has 3 rings (SSSR count). The van der Waals surface area contributed by atoms with Gasteiger partial charge >= 0.3 is 0 Å². The van der Waals surface area contributed by atoms with Crippen LogP contribution in [0.25, 0.3) is 0 Å². The van der Waals surface area contributed by atoms with Gasteiger partial charge in [0.25, 0.3) is 17.3 Å². The van der Waals surface area contributed by atoms with E-state index in [1.54, 1.807) is 19.1 Å². The molecule has 1 aliphatic heterocycles. The zero-order valence-corrected chi connectivity index (χ0v) is 14.5. The Labute approximate surface area is 154 Å². The highest BCUT2D eigenvalue weighted by molar-refractivity contribution is 6.05. The van der Waals surface area contributed by atoms with Gasteiger partial charge in [-0.25, -0.2) is 4.98 Å². The van der Waals surface area contributed by atoms with Crippen molar-refractivity contribution in [3.8, 4) is 0 Å². The van der Waals surface area contributed by atoms with Gasteiger partial charge in [-0.2, -0.15) is 0 Å². The van der Waals surface area contributed by atoms with E-state index >= 15 is 0 Å². The minimum Gasteiger partial charge on any atom is -0.357 e. The third-order valence-electron chi connectivity index (χ3n) is 4.34. The number of hydrogen-bond donors (Lipinski definition) is 1. The van der Waals surface area contributed by atoms with E-state index < -0.39 is 27.1 Å². The lowest BCUT2D eigenvalue weighted by Gasteiger charge is -2.18. The standard InChI is InChI=1S/C17H17N5O5/c1-11-15(4-5-16(18-11)20-6-2-3-7-20)19-17(23)12-8-13(21(24)25)10-14(9-12)22(26)27/h4-5,8-10H,2-3,6-7H2,1H3,(H,19,23). The number of nitrogens with zero attached hydrogens (tertiary/aromatic N) is 4. The molecule has 1 amide bonds. The monoisotopic (exact) mass is 371 g/mol. The summed E-state index contributed by atoms with van der Waals surface area (Å²) in [5.41, 5.74) is -0.175. The summed E-state index contributed by atoms with van der Waals surface area (Å²) >= 11 is 0. The van der Waals surface area contributed by atoms with Crippen molar-refractivity contribution in [2.24, 2.45) is 0 Å². The van der Waals surface area contributed by atoms with E-state index in [0.717, 1.165) is 49.9 Å². The van der Waals surface area contributed by atoms with Gasteiger partial charge in [-0.1, -0.05) is 0 Å². The molecule has 0 spiro atoms. The molecule has 1 aromatic heterocycles. The smallest absolute Gasteiger partial charge is 0.277 e. The number of pyridine rings is 1. The summed E-state index contributed by atoms with van der Waals surface area (Å²) in [5, 5.41) is 24.5. The topological polar surface area (TPSA) is 132 Å². The maximum Gasteiger partial charge on any atom is 0.277 e. The number of rotatable bonds is 5. The van der Waals surface area contributed by atoms with E-state index in [9.17, 15) is 25.0 Å². The third kappa shape index (κ3) is 4.00. The first-order valence-electron chi connectivity index (χ1n) is 8.33. The molecule has 1 N–H and O–H groups in total. The van der Waals surface area contributed by atoms with Crippen LogP contribution < -0.4 is 10.2 Å². The average Bonchev–Trinajstić information content (AvgIpc) is 3.17. The molecule has 0 radical (unpaired) electrons. The molecule has 1 saturated heterocycles. The van der Waals surface area contributed by atoms with Crippen molar-refractivity contribution in [2.75, 3.05) is 23.3 Å². The van der Waals surface area contributed by atoms with Gasteiger partial charge in [0.05, 0.1) is 32.9 Å². The van der Waals surface area contributed by atoms with Crippen LogP contribution in [-0.4, -0.2) is 33.8 Å².